The molecule has 1 heterocycles. The lowest BCUT2D eigenvalue weighted by Crippen LogP contribution is -2.54. The van der Waals surface area contributed by atoms with E-state index in [1.165, 1.54) is 0 Å². The van der Waals surface area contributed by atoms with Crippen molar-refractivity contribution in [2.45, 2.75) is 45.7 Å². The van der Waals surface area contributed by atoms with Gasteiger partial charge in [0, 0.05) is 32.2 Å². The number of hydrogen-bond donors (Lipinski definition) is 1. The molecule has 0 spiro atoms. The minimum atomic E-state index is -0.0801. The minimum absolute atomic E-state index is 0.0801. The molecule has 5 nitrogen and oxygen atoms in total. The summed E-state index contributed by atoms with van der Waals surface area (Å²) in [4.78, 5) is 16.4. The summed E-state index contributed by atoms with van der Waals surface area (Å²) in [5.41, 5.74) is 0. The molecule has 1 amide bonds. The third-order valence-electron chi connectivity index (χ3n) is 3.74. The van der Waals surface area contributed by atoms with Gasteiger partial charge in [-0.25, -0.2) is 0 Å². The van der Waals surface area contributed by atoms with Crippen LogP contribution < -0.4 is 5.32 Å². The van der Waals surface area contributed by atoms with Crippen LogP contribution in [0.3, 0.4) is 0 Å². The van der Waals surface area contributed by atoms with Crippen molar-refractivity contribution in [3.05, 3.63) is 0 Å². The lowest BCUT2D eigenvalue weighted by Gasteiger charge is -2.36. The van der Waals surface area contributed by atoms with Gasteiger partial charge in [0.1, 0.15) is 0 Å². The molecule has 0 radical (unpaired) electrons. The quantitative estimate of drug-likeness (QED) is 0.723. The van der Waals surface area contributed by atoms with Crippen LogP contribution in [0.4, 0.5) is 0 Å². The van der Waals surface area contributed by atoms with Gasteiger partial charge in [0.05, 0.1) is 18.7 Å². The number of nitrogens with zero attached hydrogens (tertiary/aromatic N) is 3. The second-order valence-corrected chi connectivity index (χ2v) is 5.34. The summed E-state index contributed by atoms with van der Waals surface area (Å²) in [5.74, 6) is 0.120. The topological polar surface area (TPSA) is 59.4 Å². The van der Waals surface area contributed by atoms with E-state index in [0.717, 1.165) is 39.0 Å². The van der Waals surface area contributed by atoms with E-state index in [1.807, 2.05) is 6.92 Å². The average molecular weight is 266 g/mol. The van der Waals surface area contributed by atoms with Gasteiger partial charge in [-0.1, -0.05) is 13.3 Å². The predicted octanol–water partition coefficient (Wildman–Crippen LogP) is 0.821. The van der Waals surface area contributed by atoms with Crippen LogP contribution in [0.1, 0.15) is 33.6 Å². The number of carbonyl (C=O) groups excluding carboxylic acids is 1. The summed E-state index contributed by atoms with van der Waals surface area (Å²) in [6, 6.07) is 2.34. The van der Waals surface area contributed by atoms with Crippen LogP contribution in [0, 0.1) is 11.3 Å². The van der Waals surface area contributed by atoms with E-state index in [1.54, 1.807) is 0 Å². The fourth-order valence-electron chi connectivity index (χ4n) is 2.44. The molecule has 1 N–H and O–H groups in total. The summed E-state index contributed by atoms with van der Waals surface area (Å²) in [7, 11) is 0. The highest BCUT2D eigenvalue weighted by Crippen LogP contribution is 2.07. The number of carbonyl (C=O) groups is 1. The van der Waals surface area contributed by atoms with E-state index >= 15 is 0 Å². The van der Waals surface area contributed by atoms with Gasteiger partial charge in [-0.3, -0.25) is 14.6 Å². The SMILES string of the molecule is CCCC(C)NC(=O)C(C)N1CCN(CC#N)CC1. The minimum Gasteiger partial charge on any atom is -0.352 e. The van der Waals surface area contributed by atoms with E-state index in [0.29, 0.717) is 6.54 Å². The van der Waals surface area contributed by atoms with Crippen LogP contribution in [0.5, 0.6) is 0 Å². The van der Waals surface area contributed by atoms with Gasteiger partial charge < -0.3 is 5.32 Å². The summed E-state index contributed by atoms with van der Waals surface area (Å²) in [6.45, 7) is 10.1. The smallest absolute Gasteiger partial charge is 0.237 e. The standard InChI is InChI=1S/C14H26N4O/c1-4-5-12(2)16-14(19)13(3)18-10-8-17(7-6-15)9-11-18/h12-13H,4-5,7-11H2,1-3H3,(H,16,19). The van der Waals surface area contributed by atoms with Gasteiger partial charge in [-0.2, -0.15) is 5.26 Å². The average Bonchev–Trinajstić information content (AvgIpc) is 2.39. The van der Waals surface area contributed by atoms with Crippen molar-refractivity contribution >= 4 is 5.91 Å². The molecule has 0 aromatic heterocycles. The molecule has 1 fully saturated rings. The zero-order chi connectivity index (χ0) is 14.3. The Kier molecular flexibility index (Phi) is 6.82. The molecule has 108 valence electrons. The molecular weight excluding hydrogens is 240 g/mol. The van der Waals surface area contributed by atoms with Crippen LogP contribution in [-0.2, 0) is 4.79 Å². The second-order valence-electron chi connectivity index (χ2n) is 5.34. The van der Waals surface area contributed by atoms with E-state index in [9.17, 15) is 4.79 Å². The zero-order valence-electron chi connectivity index (χ0n) is 12.4. The van der Waals surface area contributed by atoms with Gasteiger partial charge in [0.15, 0.2) is 0 Å². The Labute approximate surface area is 116 Å². The summed E-state index contributed by atoms with van der Waals surface area (Å²) >= 11 is 0. The molecule has 0 aliphatic carbocycles. The summed E-state index contributed by atoms with van der Waals surface area (Å²) in [6.07, 6.45) is 2.11. The lowest BCUT2D eigenvalue weighted by atomic mass is 10.1. The van der Waals surface area contributed by atoms with E-state index in [4.69, 9.17) is 5.26 Å². The highest BCUT2D eigenvalue weighted by Gasteiger charge is 2.25. The van der Waals surface area contributed by atoms with Gasteiger partial charge >= 0.3 is 0 Å². The molecular formula is C14H26N4O. The first-order valence-electron chi connectivity index (χ1n) is 7.22. The number of nitrogens with one attached hydrogen (secondary N) is 1. The van der Waals surface area contributed by atoms with Gasteiger partial charge in [0.25, 0.3) is 0 Å². The first-order valence-corrected chi connectivity index (χ1v) is 7.22. The van der Waals surface area contributed by atoms with Crippen LogP contribution in [-0.4, -0.2) is 60.5 Å². The Balaban J connectivity index is 2.36. The van der Waals surface area contributed by atoms with Crippen molar-refractivity contribution in [1.29, 1.82) is 5.26 Å². The monoisotopic (exact) mass is 266 g/mol. The highest BCUT2D eigenvalue weighted by atomic mass is 16.2. The molecule has 0 aromatic rings. The van der Waals surface area contributed by atoms with E-state index in [-0.39, 0.29) is 18.0 Å². The third kappa shape index (κ3) is 5.17. The predicted molar refractivity (Wildman–Crippen MR) is 75.6 cm³/mol. The Morgan fingerprint density at radius 2 is 1.95 bits per heavy atom. The van der Waals surface area contributed by atoms with Crippen LogP contribution in [0.2, 0.25) is 0 Å². The second kappa shape index (κ2) is 8.13. The van der Waals surface area contributed by atoms with Crippen LogP contribution in [0.25, 0.3) is 0 Å². The molecule has 1 saturated heterocycles. The molecule has 0 bridgehead atoms. The number of hydrogen-bond acceptors (Lipinski definition) is 4. The molecule has 0 aromatic carbocycles. The van der Waals surface area contributed by atoms with Gasteiger partial charge in [0.2, 0.25) is 5.91 Å². The van der Waals surface area contributed by atoms with Crippen molar-refractivity contribution in [2.75, 3.05) is 32.7 Å². The number of amides is 1. The molecule has 5 heteroatoms. The molecule has 1 rings (SSSR count). The molecule has 2 atom stereocenters. The normalized spacial score (nSPS) is 20.5. The van der Waals surface area contributed by atoms with Gasteiger partial charge in [-0.15, -0.1) is 0 Å². The largest absolute Gasteiger partial charge is 0.352 e. The maximum absolute atomic E-state index is 12.1. The van der Waals surface area contributed by atoms with Crippen LogP contribution >= 0.6 is 0 Å². The molecule has 0 saturated carbocycles. The van der Waals surface area contributed by atoms with Crippen molar-refractivity contribution in [3.63, 3.8) is 0 Å². The lowest BCUT2D eigenvalue weighted by molar-refractivity contribution is -0.127. The van der Waals surface area contributed by atoms with E-state index < -0.39 is 0 Å². The number of piperazine rings is 1. The fourth-order valence-corrected chi connectivity index (χ4v) is 2.44. The third-order valence-corrected chi connectivity index (χ3v) is 3.74. The van der Waals surface area contributed by atoms with Gasteiger partial charge in [-0.05, 0) is 20.3 Å². The van der Waals surface area contributed by atoms with Crippen molar-refractivity contribution < 1.29 is 4.79 Å². The highest BCUT2D eigenvalue weighted by molar-refractivity contribution is 5.81. The first kappa shape index (κ1) is 15.9. The Morgan fingerprint density at radius 3 is 2.47 bits per heavy atom. The first-order chi connectivity index (χ1) is 9.08. The molecule has 2 unspecified atom stereocenters. The summed E-state index contributed by atoms with van der Waals surface area (Å²) in [5, 5.41) is 11.7. The molecule has 1 aliphatic rings. The zero-order valence-corrected chi connectivity index (χ0v) is 12.4. The number of nitriles is 1. The maximum Gasteiger partial charge on any atom is 0.237 e. The van der Waals surface area contributed by atoms with Crippen LogP contribution in [0.15, 0.2) is 0 Å². The van der Waals surface area contributed by atoms with Crippen molar-refractivity contribution in [1.82, 2.24) is 15.1 Å². The van der Waals surface area contributed by atoms with Crippen molar-refractivity contribution in [2.24, 2.45) is 0 Å². The Morgan fingerprint density at radius 1 is 1.32 bits per heavy atom. The Bertz CT molecular complexity index is 318. The molecule has 1 aliphatic heterocycles. The van der Waals surface area contributed by atoms with Crippen molar-refractivity contribution in [3.8, 4) is 6.07 Å². The Hall–Kier alpha value is -1.12. The summed E-state index contributed by atoms with van der Waals surface area (Å²) < 4.78 is 0. The number of rotatable bonds is 6. The van der Waals surface area contributed by atoms with E-state index in [2.05, 4.69) is 35.0 Å². The maximum atomic E-state index is 12.1. The molecule has 19 heavy (non-hydrogen) atoms. The fraction of sp³-hybridized carbons (Fsp3) is 0.857.